The Hall–Kier alpha value is -2.90. The topological polar surface area (TPSA) is 99.1 Å². The fraction of sp³-hybridized carbons (Fsp3) is 0.500. The highest BCUT2D eigenvalue weighted by atomic mass is 35.5. The van der Waals surface area contributed by atoms with Gasteiger partial charge in [-0.2, -0.15) is 0 Å². The highest BCUT2D eigenvalue weighted by Crippen LogP contribution is 2.50. The highest BCUT2D eigenvalue weighted by Gasteiger charge is 2.52. The summed E-state index contributed by atoms with van der Waals surface area (Å²) < 4.78 is 0. The molecule has 2 aromatic carbocycles. The van der Waals surface area contributed by atoms with Crippen molar-refractivity contribution in [1.29, 1.82) is 0 Å². The third kappa shape index (κ3) is 6.95. The monoisotopic (exact) mass is 599 g/mol. The number of carboxylic acids is 1. The summed E-state index contributed by atoms with van der Waals surface area (Å²) in [5, 5.41) is 12.4. The molecule has 0 saturated heterocycles. The van der Waals surface area contributed by atoms with Gasteiger partial charge < -0.3 is 15.3 Å². The van der Waals surface area contributed by atoms with Crippen LogP contribution < -0.4 is 5.32 Å². The van der Waals surface area contributed by atoms with Crippen LogP contribution in [-0.2, 0) is 9.59 Å². The number of benzene rings is 2. The molecular weight excluding hydrogens is 561 g/mol. The molecule has 7 nitrogen and oxygen atoms in total. The molecule has 4 rings (SSSR count). The lowest BCUT2D eigenvalue weighted by Gasteiger charge is -2.47. The summed E-state index contributed by atoms with van der Waals surface area (Å²) in [5.74, 6) is -0.895. The summed E-state index contributed by atoms with van der Waals surface area (Å²) in [4.78, 5) is 44.8. The average Bonchev–Trinajstić information content (AvgIpc) is 3.17. The van der Waals surface area contributed by atoms with E-state index in [9.17, 15) is 14.4 Å². The zero-order chi connectivity index (χ0) is 29.9. The number of rotatable bonds is 9. The molecule has 1 atom stereocenters. The number of carbonyl (C=O) groups excluding carboxylic acids is 2. The number of hydrogen-bond donors (Lipinski definition) is 2. The minimum absolute atomic E-state index is 0.0579. The maximum absolute atomic E-state index is 14.3. The summed E-state index contributed by atoms with van der Waals surface area (Å²) in [7, 11) is 0. The first kappa shape index (κ1) is 31.0. The maximum Gasteiger partial charge on any atom is 0.305 e. The number of carboxylic acid groups (broad SMARTS) is 1. The van der Waals surface area contributed by atoms with Gasteiger partial charge in [0.25, 0.3) is 11.8 Å². The van der Waals surface area contributed by atoms with Gasteiger partial charge in [0, 0.05) is 27.7 Å². The smallest absolute Gasteiger partial charge is 0.305 e. The predicted molar refractivity (Wildman–Crippen MR) is 163 cm³/mol. The Morgan fingerprint density at radius 2 is 1.71 bits per heavy atom. The van der Waals surface area contributed by atoms with Gasteiger partial charge in [-0.3, -0.25) is 19.4 Å². The summed E-state index contributed by atoms with van der Waals surface area (Å²) in [6, 6.07) is 12.1. The Bertz CT molecular complexity index is 1310. The summed E-state index contributed by atoms with van der Waals surface area (Å²) in [5.41, 5.74) is 1.88. The SMILES string of the molecule is CCCC(c1ccc(C(=O)NCCC(=O)O)cc1)N1C(=O)C(c2cc(Cl)cc(Cl)c2)=NC12CCC(C(C)(C)C)CC2. The molecule has 0 bridgehead atoms. The van der Waals surface area contributed by atoms with Gasteiger partial charge in [0.15, 0.2) is 0 Å². The third-order valence-electron chi connectivity index (χ3n) is 8.39. The van der Waals surface area contributed by atoms with Crippen molar-refractivity contribution in [1.82, 2.24) is 10.2 Å². The van der Waals surface area contributed by atoms with Crippen LogP contribution in [0.4, 0.5) is 0 Å². The van der Waals surface area contributed by atoms with Crippen LogP contribution in [0, 0.1) is 11.3 Å². The molecule has 1 aliphatic heterocycles. The number of hydrogen-bond acceptors (Lipinski definition) is 4. The highest BCUT2D eigenvalue weighted by molar-refractivity contribution is 6.47. The zero-order valence-corrected chi connectivity index (χ0v) is 25.7. The van der Waals surface area contributed by atoms with Crippen molar-refractivity contribution in [2.24, 2.45) is 16.3 Å². The molecule has 1 fully saturated rings. The molecule has 0 radical (unpaired) electrons. The van der Waals surface area contributed by atoms with Gasteiger partial charge >= 0.3 is 5.97 Å². The van der Waals surface area contributed by atoms with Crippen LogP contribution in [0.25, 0.3) is 0 Å². The van der Waals surface area contributed by atoms with Crippen LogP contribution >= 0.6 is 23.2 Å². The molecule has 2 amide bonds. The minimum atomic E-state index is -0.967. The molecule has 0 aromatic heterocycles. The van der Waals surface area contributed by atoms with E-state index in [4.69, 9.17) is 33.3 Å². The second-order valence-electron chi connectivity index (χ2n) is 12.2. The number of aliphatic carboxylic acids is 1. The predicted octanol–water partition coefficient (Wildman–Crippen LogP) is 7.30. The largest absolute Gasteiger partial charge is 0.481 e. The lowest BCUT2D eigenvalue weighted by atomic mass is 9.69. The van der Waals surface area contributed by atoms with Crippen molar-refractivity contribution in [3.8, 4) is 0 Å². The van der Waals surface area contributed by atoms with Crippen LogP contribution in [0.15, 0.2) is 47.5 Å². The average molecular weight is 601 g/mol. The minimum Gasteiger partial charge on any atom is -0.481 e. The van der Waals surface area contributed by atoms with Crippen LogP contribution in [-0.4, -0.2) is 45.7 Å². The number of halogens is 2. The second kappa shape index (κ2) is 12.5. The van der Waals surface area contributed by atoms with E-state index in [0.717, 1.165) is 44.1 Å². The van der Waals surface area contributed by atoms with Crippen molar-refractivity contribution in [3.63, 3.8) is 0 Å². The lowest BCUT2D eigenvalue weighted by Crippen LogP contribution is -2.51. The van der Waals surface area contributed by atoms with E-state index >= 15 is 0 Å². The van der Waals surface area contributed by atoms with Gasteiger partial charge in [0.2, 0.25) is 0 Å². The van der Waals surface area contributed by atoms with Gasteiger partial charge in [-0.1, -0.05) is 69.5 Å². The molecular formula is C32H39Cl2N3O4. The van der Waals surface area contributed by atoms with Crippen molar-refractivity contribution in [3.05, 3.63) is 69.2 Å². The van der Waals surface area contributed by atoms with Gasteiger partial charge in [-0.25, -0.2) is 0 Å². The van der Waals surface area contributed by atoms with Gasteiger partial charge in [0.1, 0.15) is 11.4 Å². The molecule has 2 aliphatic rings. The van der Waals surface area contributed by atoms with Crippen molar-refractivity contribution in [2.75, 3.05) is 6.54 Å². The first-order valence-electron chi connectivity index (χ1n) is 14.3. The Morgan fingerprint density at radius 1 is 1.10 bits per heavy atom. The van der Waals surface area contributed by atoms with Gasteiger partial charge in [0.05, 0.1) is 12.5 Å². The number of carbonyl (C=O) groups is 3. The van der Waals surface area contributed by atoms with Crippen molar-refractivity contribution >= 4 is 46.7 Å². The first-order valence-corrected chi connectivity index (χ1v) is 15.1. The quantitative estimate of drug-likeness (QED) is 0.316. The third-order valence-corrected chi connectivity index (χ3v) is 8.83. The van der Waals surface area contributed by atoms with Crippen molar-refractivity contribution in [2.45, 2.75) is 84.3 Å². The van der Waals surface area contributed by atoms with E-state index in [1.807, 2.05) is 17.0 Å². The molecule has 9 heteroatoms. The van der Waals surface area contributed by atoms with Crippen LogP contribution in [0.1, 0.15) is 100 Å². The molecule has 1 heterocycles. The van der Waals surface area contributed by atoms with E-state index < -0.39 is 11.6 Å². The fourth-order valence-corrected chi connectivity index (χ4v) is 6.71. The van der Waals surface area contributed by atoms with E-state index in [-0.39, 0.29) is 36.2 Å². The number of aliphatic imine (C=N–C) groups is 1. The zero-order valence-electron chi connectivity index (χ0n) is 24.2. The van der Waals surface area contributed by atoms with E-state index in [1.54, 1.807) is 30.3 Å². The summed E-state index contributed by atoms with van der Waals surface area (Å²) in [6.45, 7) is 8.97. The summed E-state index contributed by atoms with van der Waals surface area (Å²) >= 11 is 12.7. The van der Waals surface area contributed by atoms with Crippen LogP contribution in [0.3, 0.4) is 0 Å². The normalized spacial score (nSPS) is 21.6. The number of nitrogens with one attached hydrogen (secondary N) is 1. The number of nitrogens with zero attached hydrogens (tertiary/aromatic N) is 2. The molecule has 1 unspecified atom stereocenters. The van der Waals surface area contributed by atoms with Crippen molar-refractivity contribution < 1.29 is 19.5 Å². The van der Waals surface area contributed by atoms with E-state index in [2.05, 4.69) is 33.0 Å². The lowest BCUT2D eigenvalue weighted by molar-refractivity contribution is -0.137. The fourth-order valence-electron chi connectivity index (χ4n) is 6.18. The second-order valence-corrected chi connectivity index (χ2v) is 13.1. The van der Waals surface area contributed by atoms with Crippen LogP contribution in [0.2, 0.25) is 10.0 Å². The Labute approximate surface area is 252 Å². The molecule has 220 valence electrons. The van der Waals surface area contributed by atoms with Crippen LogP contribution in [0.5, 0.6) is 0 Å². The number of amides is 2. The Kier molecular flexibility index (Phi) is 9.49. The standard InChI is InChI=1S/C32H39Cl2N3O4/c1-5-6-26(20-7-9-21(10-8-20)29(40)35-16-13-27(38)39)37-30(41)28(22-17-24(33)19-25(34)18-22)36-32(37)14-11-23(12-15-32)31(2,3)4/h7-10,17-19,23,26H,5-6,11-16H2,1-4H3,(H,35,40)(H,38,39). The maximum atomic E-state index is 14.3. The van der Waals surface area contributed by atoms with E-state index in [0.29, 0.717) is 32.8 Å². The Morgan fingerprint density at radius 3 is 2.24 bits per heavy atom. The molecule has 1 saturated carbocycles. The first-order chi connectivity index (χ1) is 19.3. The van der Waals surface area contributed by atoms with Gasteiger partial charge in [-0.05, 0) is 79.3 Å². The van der Waals surface area contributed by atoms with Gasteiger partial charge in [-0.15, -0.1) is 0 Å². The molecule has 41 heavy (non-hydrogen) atoms. The molecule has 2 aromatic rings. The molecule has 1 spiro atoms. The van der Waals surface area contributed by atoms with E-state index in [1.165, 1.54) is 0 Å². The summed E-state index contributed by atoms with van der Waals surface area (Å²) in [6.07, 6.45) is 4.91. The molecule has 1 aliphatic carbocycles. The Balaban J connectivity index is 1.69. The molecule has 2 N–H and O–H groups in total.